The second-order valence-electron chi connectivity index (χ2n) is 6.43. The third-order valence-electron chi connectivity index (χ3n) is 5.19. The molecule has 0 radical (unpaired) electrons. The van der Waals surface area contributed by atoms with E-state index in [1.807, 2.05) is 25.1 Å². The summed E-state index contributed by atoms with van der Waals surface area (Å²) in [5.74, 6) is 0.673. The van der Waals surface area contributed by atoms with Crippen molar-refractivity contribution in [2.24, 2.45) is 11.3 Å². The van der Waals surface area contributed by atoms with Crippen molar-refractivity contribution in [2.75, 3.05) is 19.7 Å². The van der Waals surface area contributed by atoms with E-state index in [1.165, 1.54) is 5.56 Å². The summed E-state index contributed by atoms with van der Waals surface area (Å²) in [5.41, 5.74) is 0.626. The van der Waals surface area contributed by atoms with E-state index in [-0.39, 0.29) is 6.04 Å². The molecular formula is C17H23NO3. The molecule has 114 valence electrons. The summed E-state index contributed by atoms with van der Waals surface area (Å²) in [4.78, 5) is 14.0. The highest BCUT2D eigenvalue weighted by Gasteiger charge is 2.47. The first kappa shape index (κ1) is 14.4. The first-order valence-electron chi connectivity index (χ1n) is 7.76. The Kier molecular flexibility index (Phi) is 3.66. The number of carboxylic acid groups (broad SMARTS) is 1. The topological polar surface area (TPSA) is 49.8 Å². The Morgan fingerprint density at radius 1 is 1.48 bits per heavy atom. The minimum atomic E-state index is -0.652. The Morgan fingerprint density at radius 3 is 2.90 bits per heavy atom. The van der Waals surface area contributed by atoms with E-state index < -0.39 is 11.4 Å². The molecule has 2 aliphatic heterocycles. The predicted octanol–water partition coefficient (Wildman–Crippen LogP) is 2.94. The molecule has 1 aromatic rings. The van der Waals surface area contributed by atoms with Gasteiger partial charge in [0.15, 0.2) is 0 Å². The van der Waals surface area contributed by atoms with Gasteiger partial charge in [0.25, 0.3) is 0 Å². The zero-order chi connectivity index (χ0) is 15.0. The minimum absolute atomic E-state index is 0.266. The van der Waals surface area contributed by atoms with E-state index in [0.29, 0.717) is 25.5 Å². The first-order chi connectivity index (χ1) is 10.1. The summed E-state index contributed by atoms with van der Waals surface area (Å²) >= 11 is 0. The Balaban J connectivity index is 1.89. The molecule has 3 atom stereocenters. The van der Waals surface area contributed by atoms with E-state index in [9.17, 15) is 9.90 Å². The van der Waals surface area contributed by atoms with Gasteiger partial charge in [-0.2, -0.15) is 0 Å². The molecular weight excluding hydrogens is 266 g/mol. The molecule has 0 saturated carbocycles. The van der Waals surface area contributed by atoms with Crippen LogP contribution in [0.15, 0.2) is 24.3 Å². The van der Waals surface area contributed by atoms with Crippen molar-refractivity contribution in [3.8, 4) is 5.75 Å². The van der Waals surface area contributed by atoms with Crippen molar-refractivity contribution < 1.29 is 14.6 Å². The Hall–Kier alpha value is -1.55. The fourth-order valence-corrected chi connectivity index (χ4v) is 3.79. The van der Waals surface area contributed by atoms with Gasteiger partial charge in [-0.3, -0.25) is 9.69 Å². The van der Waals surface area contributed by atoms with Crippen molar-refractivity contribution in [3.05, 3.63) is 29.8 Å². The van der Waals surface area contributed by atoms with Crippen LogP contribution in [0.5, 0.6) is 5.75 Å². The fraction of sp³-hybridized carbons (Fsp3) is 0.588. The van der Waals surface area contributed by atoms with Crippen molar-refractivity contribution in [2.45, 2.75) is 32.7 Å². The van der Waals surface area contributed by atoms with Gasteiger partial charge in [0.1, 0.15) is 5.75 Å². The van der Waals surface area contributed by atoms with E-state index in [0.717, 1.165) is 18.7 Å². The maximum absolute atomic E-state index is 11.7. The molecule has 0 spiro atoms. The largest absolute Gasteiger partial charge is 0.493 e. The van der Waals surface area contributed by atoms with Crippen LogP contribution in [0.1, 0.15) is 38.3 Å². The molecule has 2 aliphatic rings. The van der Waals surface area contributed by atoms with E-state index >= 15 is 0 Å². The molecule has 0 aliphatic carbocycles. The van der Waals surface area contributed by atoms with Gasteiger partial charge in [-0.05, 0) is 25.5 Å². The first-order valence-corrected chi connectivity index (χ1v) is 7.76. The van der Waals surface area contributed by atoms with Gasteiger partial charge in [0.05, 0.1) is 12.0 Å². The number of carbonyl (C=O) groups is 1. The zero-order valence-corrected chi connectivity index (χ0v) is 12.7. The SMILES string of the molecule is CCC1(C(=O)O)CCN(C2c3ccccc3OCC2C)C1. The monoisotopic (exact) mass is 289 g/mol. The molecule has 0 aromatic heterocycles. The van der Waals surface area contributed by atoms with Crippen LogP contribution in [0.2, 0.25) is 0 Å². The smallest absolute Gasteiger partial charge is 0.310 e. The third kappa shape index (κ3) is 2.31. The maximum Gasteiger partial charge on any atom is 0.310 e. The molecule has 1 saturated heterocycles. The average Bonchev–Trinajstić information content (AvgIpc) is 2.92. The number of benzene rings is 1. The summed E-state index contributed by atoms with van der Waals surface area (Å²) in [6.07, 6.45) is 1.43. The number of likely N-dealkylation sites (tertiary alicyclic amines) is 1. The second-order valence-corrected chi connectivity index (χ2v) is 6.43. The van der Waals surface area contributed by atoms with Crippen molar-refractivity contribution in [3.63, 3.8) is 0 Å². The van der Waals surface area contributed by atoms with Gasteiger partial charge >= 0.3 is 5.97 Å². The van der Waals surface area contributed by atoms with Gasteiger partial charge in [0.2, 0.25) is 0 Å². The van der Waals surface area contributed by atoms with Crippen LogP contribution in [0.25, 0.3) is 0 Å². The standard InChI is InChI=1S/C17H23NO3/c1-3-17(16(19)20)8-9-18(11-17)15-12(2)10-21-14-7-5-4-6-13(14)15/h4-7,12,15H,3,8-11H2,1-2H3,(H,19,20). The van der Waals surface area contributed by atoms with E-state index in [2.05, 4.69) is 17.9 Å². The lowest BCUT2D eigenvalue weighted by atomic mass is 9.84. The molecule has 2 heterocycles. The number of carboxylic acids is 1. The summed E-state index contributed by atoms with van der Waals surface area (Å²) in [6, 6.07) is 8.41. The molecule has 4 heteroatoms. The van der Waals surface area contributed by atoms with Crippen LogP contribution in [0.3, 0.4) is 0 Å². The zero-order valence-electron chi connectivity index (χ0n) is 12.7. The molecule has 3 unspecified atom stereocenters. The van der Waals surface area contributed by atoms with Crippen LogP contribution >= 0.6 is 0 Å². The van der Waals surface area contributed by atoms with Crippen molar-refractivity contribution in [1.82, 2.24) is 4.90 Å². The number of aliphatic carboxylic acids is 1. The van der Waals surface area contributed by atoms with Crippen molar-refractivity contribution >= 4 is 5.97 Å². The third-order valence-corrected chi connectivity index (χ3v) is 5.19. The average molecular weight is 289 g/mol. The molecule has 1 aromatic carbocycles. The maximum atomic E-state index is 11.7. The number of nitrogens with zero attached hydrogens (tertiary/aromatic N) is 1. The molecule has 1 N–H and O–H groups in total. The van der Waals surface area contributed by atoms with Crippen LogP contribution in [0.4, 0.5) is 0 Å². The number of hydrogen-bond donors (Lipinski definition) is 1. The number of para-hydroxylation sites is 1. The van der Waals surface area contributed by atoms with Gasteiger partial charge < -0.3 is 9.84 Å². The van der Waals surface area contributed by atoms with Crippen LogP contribution < -0.4 is 4.74 Å². The summed E-state index contributed by atoms with van der Waals surface area (Å²) in [7, 11) is 0. The summed E-state index contributed by atoms with van der Waals surface area (Å²) < 4.78 is 5.81. The number of rotatable bonds is 3. The Bertz CT molecular complexity index is 545. The quantitative estimate of drug-likeness (QED) is 0.929. The summed E-state index contributed by atoms with van der Waals surface area (Å²) in [5, 5.41) is 9.59. The fourth-order valence-electron chi connectivity index (χ4n) is 3.79. The van der Waals surface area contributed by atoms with Crippen molar-refractivity contribution in [1.29, 1.82) is 0 Å². The molecule has 3 rings (SSSR count). The van der Waals surface area contributed by atoms with Gasteiger partial charge in [0, 0.05) is 24.1 Å². The summed E-state index contributed by atoms with van der Waals surface area (Å²) in [6.45, 7) is 6.36. The lowest BCUT2D eigenvalue weighted by Gasteiger charge is -2.38. The van der Waals surface area contributed by atoms with Gasteiger partial charge in [-0.25, -0.2) is 0 Å². The Morgan fingerprint density at radius 2 is 2.24 bits per heavy atom. The molecule has 0 bridgehead atoms. The van der Waals surface area contributed by atoms with Gasteiger partial charge in [-0.1, -0.05) is 32.0 Å². The van der Waals surface area contributed by atoms with Crippen LogP contribution in [0, 0.1) is 11.3 Å². The van der Waals surface area contributed by atoms with E-state index in [4.69, 9.17) is 4.74 Å². The number of fused-ring (bicyclic) bond motifs is 1. The number of hydrogen-bond acceptors (Lipinski definition) is 3. The minimum Gasteiger partial charge on any atom is -0.493 e. The Labute approximate surface area is 125 Å². The number of ether oxygens (including phenoxy) is 1. The van der Waals surface area contributed by atoms with Gasteiger partial charge in [-0.15, -0.1) is 0 Å². The van der Waals surface area contributed by atoms with Crippen LogP contribution in [-0.2, 0) is 4.79 Å². The highest BCUT2D eigenvalue weighted by molar-refractivity contribution is 5.75. The molecule has 4 nitrogen and oxygen atoms in total. The lowest BCUT2D eigenvalue weighted by molar-refractivity contribution is -0.148. The lowest BCUT2D eigenvalue weighted by Crippen LogP contribution is -2.39. The molecule has 21 heavy (non-hydrogen) atoms. The highest BCUT2D eigenvalue weighted by atomic mass is 16.5. The molecule has 1 fully saturated rings. The second kappa shape index (κ2) is 5.34. The predicted molar refractivity (Wildman–Crippen MR) is 80.4 cm³/mol. The van der Waals surface area contributed by atoms with E-state index in [1.54, 1.807) is 0 Å². The highest BCUT2D eigenvalue weighted by Crippen LogP contribution is 2.44. The molecule has 0 amide bonds. The van der Waals surface area contributed by atoms with Crippen LogP contribution in [-0.4, -0.2) is 35.7 Å². The normalized spacial score (nSPS) is 32.5.